The van der Waals surface area contributed by atoms with Crippen molar-refractivity contribution < 1.29 is 33.3 Å². The Kier molecular flexibility index (Phi) is 12.9. The predicted octanol–water partition coefficient (Wildman–Crippen LogP) is 3.14. The standard InChI is InChI=1S/C29H36ClN3O7/c1-21-25(19-28(35)32-11-15-40-17-16-39-13-3-12-38-14-10-31-20-34)26-18-24(37-2)8-9-27(26)33(21)29(36)22-4-6-23(30)7-5-22/h4-9,18,20H,3,10-17,19H2,1-2H3,(H,31,34)(H,32,35). The van der Waals surface area contributed by atoms with Gasteiger partial charge >= 0.3 is 0 Å². The molecule has 0 saturated carbocycles. The van der Waals surface area contributed by atoms with E-state index in [-0.39, 0.29) is 18.2 Å². The molecule has 2 amide bonds. The maximum atomic E-state index is 13.4. The van der Waals surface area contributed by atoms with Crippen molar-refractivity contribution >= 4 is 40.7 Å². The van der Waals surface area contributed by atoms with Crippen LogP contribution < -0.4 is 15.4 Å². The second-order valence-corrected chi connectivity index (χ2v) is 9.32. The fourth-order valence-electron chi connectivity index (χ4n) is 4.16. The molecule has 3 rings (SSSR count). The van der Waals surface area contributed by atoms with Gasteiger partial charge in [0.1, 0.15) is 5.75 Å². The molecule has 11 heteroatoms. The third kappa shape index (κ3) is 9.06. The van der Waals surface area contributed by atoms with Crippen LogP contribution in [-0.2, 0) is 30.2 Å². The van der Waals surface area contributed by atoms with Crippen molar-refractivity contribution in [2.24, 2.45) is 0 Å². The summed E-state index contributed by atoms with van der Waals surface area (Å²) in [5, 5.41) is 6.74. The second kappa shape index (κ2) is 16.6. The van der Waals surface area contributed by atoms with Crippen molar-refractivity contribution in [2.45, 2.75) is 19.8 Å². The maximum Gasteiger partial charge on any atom is 0.262 e. The summed E-state index contributed by atoms with van der Waals surface area (Å²) >= 11 is 6.00. The lowest BCUT2D eigenvalue weighted by atomic mass is 10.1. The van der Waals surface area contributed by atoms with Crippen molar-refractivity contribution in [3.05, 3.63) is 64.3 Å². The van der Waals surface area contributed by atoms with Crippen LogP contribution in [0, 0.1) is 6.92 Å². The van der Waals surface area contributed by atoms with Gasteiger partial charge in [0.2, 0.25) is 12.3 Å². The van der Waals surface area contributed by atoms with Gasteiger partial charge in [0, 0.05) is 48.0 Å². The number of rotatable bonds is 18. The zero-order valence-corrected chi connectivity index (χ0v) is 23.6. The molecule has 2 N–H and O–H groups in total. The third-order valence-corrected chi connectivity index (χ3v) is 6.42. The second-order valence-electron chi connectivity index (χ2n) is 8.88. The number of hydrogen-bond acceptors (Lipinski definition) is 7. The Hall–Kier alpha value is -3.44. The van der Waals surface area contributed by atoms with E-state index >= 15 is 0 Å². The molecular weight excluding hydrogens is 538 g/mol. The summed E-state index contributed by atoms with van der Waals surface area (Å²) in [6.45, 7) is 5.50. The summed E-state index contributed by atoms with van der Waals surface area (Å²) in [6, 6.07) is 12.2. The van der Waals surface area contributed by atoms with E-state index in [0.29, 0.717) is 86.7 Å². The Morgan fingerprint density at radius 1 is 0.925 bits per heavy atom. The molecule has 10 nitrogen and oxygen atoms in total. The quantitative estimate of drug-likeness (QED) is 0.177. The molecule has 1 aromatic heterocycles. The van der Waals surface area contributed by atoms with E-state index in [2.05, 4.69) is 10.6 Å². The van der Waals surface area contributed by atoms with Crippen molar-refractivity contribution in [1.29, 1.82) is 0 Å². The first-order valence-corrected chi connectivity index (χ1v) is 13.5. The van der Waals surface area contributed by atoms with Gasteiger partial charge in [-0.3, -0.25) is 19.0 Å². The number of benzene rings is 2. The van der Waals surface area contributed by atoms with Crippen LogP contribution in [0.2, 0.25) is 5.02 Å². The van der Waals surface area contributed by atoms with E-state index in [0.717, 1.165) is 17.4 Å². The molecule has 1 heterocycles. The van der Waals surface area contributed by atoms with Gasteiger partial charge in [-0.25, -0.2) is 0 Å². The largest absolute Gasteiger partial charge is 0.497 e. The fraction of sp³-hybridized carbons (Fsp3) is 0.414. The van der Waals surface area contributed by atoms with Gasteiger partial charge < -0.3 is 29.6 Å². The summed E-state index contributed by atoms with van der Waals surface area (Å²) in [5.74, 6) is 0.262. The lowest BCUT2D eigenvalue weighted by Gasteiger charge is -2.09. The first-order chi connectivity index (χ1) is 19.5. The lowest BCUT2D eigenvalue weighted by Crippen LogP contribution is -2.29. The van der Waals surface area contributed by atoms with Crippen molar-refractivity contribution in [1.82, 2.24) is 15.2 Å². The molecule has 0 atom stereocenters. The zero-order chi connectivity index (χ0) is 28.7. The number of methoxy groups -OCH3 is 1. The highest BCUT2D eigenvalue weighted by Crippen LogP contribution is 2.30. The van der Waals surface area contributed by atoms with Gasteiger partial charge in [-0.1, -0.05) is 11.6 Å². The smallest absolute Gasteiger partial charge is 0.262 e. The molecule has 3 aromatic rings. The minimum absolute atomic E-state index is 0.104. The predicted molar refractivity (Wildman–Crippen MR) is 152 cm³/mol. The number of nitrogens with one attached hydrogen (secondary N) is 2. The summed E-state index contributed by atoms with van der Waals surface area (Å²) in [5.41, 5.74) is 2.64. The number of halogens is 1. The van der Waals surface area contributed by atoms with E-state index in [1.807, 2.05) is 19.1 Å². The van der Waals surface area contributed by atoms with Gasteiger partial charge in [0.25, 0.3) is 5.91 Å². The molecule has 0 radical (unpaired) electrons. The normalized spacial score (nSPS) is 11.0. The Labute approximate surface area is 238 Å². The number of nitrogens with zero attached hydrogens (tertiary/aromatic N) is 1. The highest BCUT2D eigenvalue weighted by Gasteiger charge is 2.22. The van der Waals surface area contributed by atoms with Crippen LogP contribution in [0.1, 0.15) is 28.0 Å². The average molecular weight is 574 g/mol. The molecule has 0 spiro atoms. The highest BCUT2D eigenvalue weighted by molar-refractivity contribution is 6.30. The Morgan fingerprint density at radius 2 is 1.60 bits per heavy atom. The van der Waals surface area contributed by atoms with Crippen LogP contribution in [0.25, 0.3) is 10.9 Å². The number of ether oxygens (including phenoxy) is 4. The molecule has 0 aliphatic carbocycles. The van der Waals surface area contributed by atoms with Gasteiger partial charge in [0.15, 0.2) is 0 Å². The Balaban J connectivity index is 1.47. The summed E-state index contributed by atoms with van der Waals surface area (Å²) in [6.07, 6.45) is 1.50. The van der Waals surface area contributed by atoms with E-state index in [9.17, 15) is 14.4 Å². The summed E-state index contributed by atoms with van der Waals surface area (Å²) in [7, 11) is 1.58. The molecule has 0 bridgehead atoms. The molecule has 0 aliphatic heterocycles. The number of carbonyl (C=O) groups excluding carboxylic acids is 3. The first kappa shape index (κ1) is 31.1. The SMILES string of the molecule is COc1ccc2c(c1)c(CC(=O)NCCOCCOCCCOCCNC=O)c(C)n2C(=O)c1ccc(Cl)cc1. The molecule has 0 saturated heterocycles. The summed E-state index contributed by atoms with van der Waals surface area (Å²) < 4.78 is 23.4. The lowest BCUT2D eigenvalue weighted by molar-refractivity contribution is -0.120. The van der Waals surface area contributed by atoms with Gasteiger partial charge in [-0.2, -0.15) is 0 Å². The zero-order valence-electron chi connectivity index (χ0n) is 22.9. The monoisotopic (exact) mass is 573 g/mol. The Bertz CT molecular complexity index is 1260. The maximum absolute atomic E-state index is 13.4. The molecule has 2 aromatic carbocycles. The molecule has 0 aliphatic rings. The molecule has 216 valence electrons. The highest BCUT2D eigenvalue weighted by atomic mass is 35.5. The number of carbonyl (C=O) groups is 3. The van der Waals surface area contributed by atoms with Crippen LogP contribution in [-0.4, -0.2) is 82.6 Å². The topological polar surface area (TPSA) is 117 Å². The number of fused-ring (bicyclic) bond motifs is 1. The Morgan fingerprint density at radius 3 is 2.30 bits per heavy atom. The molecule has 0 fully saturated rings. The van der Waals surface area contributed by atoms with E-state index in [4.69, 9.17) is 30.5 Å². The summed E-state index contributed by atoms with van der Waals surface area (Å²) in [4.78, 5) is 36.3. The van der Waals surface area contributed by atoms with Gasteiger partial charge in [-0.15, -0.1) is 0 Å². The fourth-order valence-corrected chi connectivity index (χ4v) is 4.28. The van der Waals surface area contributed by atoms with Gasteiger partial charge in [0.05, 0.1) is 45.5 Å². The van der Waals surface area contributed by atoms with Crippen LogP contribution in [0.5, 0.6) is 5.75 Å². The number of aromatic nitrogens is 1. The molecule has 40 heavy (non-hydrogen) atoms. The van der Waals surface area contributed by atoms with Crippen molar-refractivity contribution in [3.63, 3.8) is 0 Å². The van der Waals surface area contributed by atoms with Crippen molar-refractivity contribution in [2.75, 3.05) is 59.8 Å². The average Bonchev–Trinajstić information content (AvgIpc) is 3.23. The first-order valence-electron chi connectivity index (χ1n) is 13.1. The third-order valence-electron chi connectivity index (χ3n) is 6.17. The van der Waals surface area contributed by atoms with Crippen LogP contribution in [0.15, 0.2) is 42.5 Å². The minimum atomic E-state index is -0.203. The van der Waals surface area contributed by atoms with E-state index < -0.39 is 0 Å². The minimum Gasteiger partial charge on any atom is -0.497 e. The molecule has 0 unspecified atom stereocenters. The van der Waals surface area contributed by atoms with Crippen LogP contribution in [0.3, 0.4) is 0 Å². The van der Waals surface area contributed by atoms with Gasteiger partial charge in [-0.05, 0) is 61.4 Å². The molecular formula is C29H36ClN3O7. The van der Waals surface area contributed by atoms with Crippen LogP contribution >= 0.6 is 11.6 Å². The van der Waals surface area contributed by atoms with Crippen molar-refractivity contribution in [3.8, 4) is 5.75 Å². The number of amides is 2. The van der Waals surface area contributed by atoms with Crippen LogP contribution in [0.4, 0.5) is 0 Å². The van der Waals surface area contributed by atoms with E-state index in [1.165, 1.54) is 0 Å². The number of hydrogen-bond donors (Lipinski definition) is 2. The van der Waals surface area contributed by atoms with E-state index in [1.54, 1.807) is 42.0 Å².